The third kappa shape index (κ3) is 5.01. The summed E-state index contributed by atoms with van der Waals surface area (Å²) in [5, 5.41) is 2.96. The molecule has 4 nitrogen and oxygen atoms in total. The lowest BCUT2D eigenvalue weighted by Gasteiger charge is -2.11. The Hall–Kier alpha value is -2.49. The number of hydrogen-bond donors (Lipinski definition) is 1. The van der Waals surface area contributed by atoms with Crippen LogP contribution in [0.3, 0.4) is 0 Å². The van der Waals surface area contributed by atoms with Gasteiger partial charge in [-0.1, -0.05) is 30.3 Å². The van der Waals surface area contributed by atoms with Crippen molar-refractivity contribution >= 4 is 5.91 Å². The van der Waals surface area contributed by atoms with Crippen LogP contribution in [0.5, 0.6) is 11.5 Å². The SMILES string of the molecule is CCOc1ccccc1CNC(=O)CCc1ccc(OC)c(C)c1. The van der Waals surface area contributed by atoms with Crippen molar-refractivity contribution in [2.75, 3.05) is 13.7 Å². The summed E-state index contributed by atoms with van der Waals surface area (Å²) < 4.78 is 10.8. The zero-order valence-corrected chi connectivity index (χ0v) is 14.6. The number of aryl methyl sites for hydroxylation is 2. The number of hydrogen-bond acceptors (Lipinski definition) is 3. The molecule has 0 aliphatic rings. The lowest BCUT2D eigenvalue weighted by Crippen LogP contribution is -2.23. The minimum atomic E-state index is 0.0368. The normalized spacial score (nSPS) is 10.3. The Balaban J connectivity index is 1.85. The number of rotatable bonds is 8. The van der Waals surface area contributed by atoms with E-state index in [1.807, 2.05) is 50.2 Å². The first-order chi connectivity index (χ1) is 11.6. The summed E-state index contributed by atoms with van der Waals surface area (Å²) in [4.78, 5) is 12.1. The van der Waals surface area contributed by atoms with E-state index >= 15 is 0 Å². The summed E-state index contributed by atoms with van der Waals surface area (Å²) in [6, 6.07) is 13.8. The highest BCUT2D eigenvalue weighted by atomic mass is 16.5. The van der Waals surface area contributed by atoms with Gasteiger partial charge >= 0.3 is 0 Å². The second kappa shape index (κ2) is 8.96. The van der Waals surface area contributed by atoms with Gasteiger partial charge in [0.15, 0.2) is 0 Å². The molecule has 1 amide bonds. The van der Waals surface area contributed by atoms with Crippen LogP contribution in [-0.2, 0) is 17.8 Å². The van der Waals surface area contributed by atoms with Gasteiger partial charge < -0.3 is 14.8 Å². The molecule has 0 aliphatic heterocycles. The first-order valence-corrected chi connectivity index (χ1v) is 8.25. The predicted octanol–water partition coefficient (Wildman–Crippen LogP) is 3.65. The number of para-hydroxylation sites is 1. The van der Waals surface area contributed by atoms with E-state index in [-0.39, 0.29) is 5.91 Å². The van der Waals surface area contributed by atoms with E-state index in [4.69, 9.17) is 9.47 Å². The first-order valence-electron chi connectivity index (χ1n) is 8.25. The molecule has 0 aromatic heterocycles. The summed E-state index contributed by atoms with van der Waals surface area (Å²) in [7, 11) is 1.66. The molecule has 0 unspecified atom stereocenters. The van der Waals surface area contributed by atoms with Crippen molar-refractivity contribution in [3.63, 3.8) is 0 Å². The number of benzene rings is 2. The van der Waals surface area contributed by atoms with Gasteiger partial charge in [-0.25, -0.2) is 0 Å². The maximum absolute atomic E-state index is 12.1. The van der Waals surface area contributed by atoms with Crippen molar-refractivity contribution in [3.8, 4) is 11.5 Å². The zero-order chi connectivity index (χ0) is 17.4. The minimum absolute atomic E-state index is 0.0368. The summed E-state index contributed by atoms with van der Waals surface area (Å²) in [6.45, 7) is 5.05. The van der Waals surface area contributed by atoms with Crippen LogP contribution in [0.25, 0.3) is 0 Å². The number of carbonyl (C=O) groups excluding carboxylic acids is 1. The second-order valence-corrected chi connectivity index (χ2v) is 5.62. The average molecular weight is 327 g/mol. The Morgan fingerprint density at radius 3 is 2.62 bits per heavy atom. The van der Waals surface area contributed by atoms with Gasteiger partial charge in [-0.05, 0) is 43.5 Å². The molecule has 2 rings (SSSR count). The van der Waals surface area contributed by atoms with Crippen LogP contribution < -0.4 is 14.8 Å². The molecule has 0 bridgehead atoms. The third-order valence-electron chi connectivity index (χ3n) is 3.85. The van der Waals surface area contributed by atoms with Crippen molar-refractivity contribution in [2.24, 2.45) is 0 Å². The van der Waals surface area contributed by atoms with Crippen LogP contribution >= 0.6 is 0 Å². The smallest absolute Gasteiger partial charge is 0.220 e. The molecular formula is C20H25NO3. The highest BCUT2D eigenvalue weighted by molar-refractivity contribution is 5.76. The summed E-state index contributed by atoms with van der Waals surface area (Å²) in [5.41, 5.74) is 3.22. The molecule has 0 fully saturated rings. The van der Waals surface area contributed by atoms with Gasteiger partial charge in [-0.3, -0.25) is 4.79 Å². The molecule has 1 N–H and O–H groups in total. The fraction of sp³-hybridized carbons (Fsp3) is 0.350. The Kier molecular flexibility index (Phi) is 6.67. The average Bonchev–Trinajstić information content (AvgIpc) is 2.59. The molecule has 0 saturated carbocycles. The minimum Gasteiger partial charge on any atom is -0.496 e. The van der Waals surface area contributed by atoms with Gasteiger partial charge in [0.1, 0.15) is 11.5 Å². The van der Waals surface area contributed by atoms with Gasteiger partial charge in [0.05, 0.1) is 13.7 Å². The maximum atomic E-state index is 12.1. The third-order valence-corrected chi connectivity index (χ3v) is 3.85. The highest BCUT2D eigenvalue weighted by Gasteiger charge is 2.07. The van der Waals surface area contributed by atoms with Crippen molar-refractivity contribution in [2.45, 2.75) is 33.2 Å². The molecule has 24 heavy (non-hydrogen) atoms. The van der Waals surface area contributed by atoms with Crippen LogP contribution in [0.2, 0.25) is 0 Å². The quantitative estimate of drug-likeness (QED) is 0.805. The molecule has 0 atom stereocenters. The van der Waals surface area contributed by atoms with Gasteiger partial charge in [0.2, 0.25) is 5.91 Å². The van der Waals surface area contributed by atoms with Crippen molar-refractivity contribution in [1.29, 1.82) is 0 Å². The monoisotopic (exact) mass is 327 g/mol. The number of carbonyl (C=O) groups is 1. The Bertz CT molecular complexity index is 682. The van der Waals surface area contributed by atoms with Crippen molar-refractivity contribution < 1.29 is 14.3 Å². The van der Waals surface area contributed by atoms with E-state index in [1.165, 1.54) is 0 Å². The molecule has 0 radical (unpaired) electrons. The molecule has 0 spiro atoms. The zero-order valence-electron chi connectivity index (χ0n) is 14.6. The van der Waals surface area contributed by atoms with E-state index in [0.717, 1.165) is 28.2 Å². The van der Waals surface area contributed by atoms with E-state index in [0.29, 0.717) is 26.0 Å². The summed E-state index contributed by atoms with van der Waals surface area (Å²) >= 11 is 0. The standard InChI is InChI=1S/C20H25NO3/c1-4-24-19-8-6-5-7-17(19)14-21-20(22)12-10-16-9-11-18(23-3)15(2)13-16/h5-9,11,13H,4,10,12,14H2,1-3H3,(H,21,22). The fourth-order valence-electron chi connectivity index (χ4n) is 2.58. The fourth-order valence-corrected chi connectivity index (χ4v) is 2.58. The molecule has 4 heteroatoms. The van der Waals surface area contributed by atoms with E-state index in [2.05, 4.69) is 11.4 Å². The Morgan fingerprint density at radius 2 is 1.92 bits per heavy atom. The number of methoxy groups -OCH3 is 1. The van der Waals surface area contributed by atoms with E-state index in [9.17, 15) is 4.79 Å². The highest BCUT2D eigenvalue weighted by Crippen LogP contribution is 2.20. The maximum Gasteiger partial charge on any atom is 0.220 e. The lowest BCUT2D eigenvalue weighted by atomic mass is 10.1. The van der Waals surface area contributed by atoms with Gasteiger partial charge in [-0.15, -0.1) is 0 Å². The predicted molar refractivity (Wildman–Crippen MR) is 95.5 cm³/mol. The van der Waals surface area contributed by atoms with Gasteiger partial charge in [0.25, 0.3) is 0 Å². The summed E-state index contributed by atoms with van der Waals surface area (Å²) in [5.74, 6) is 1.73. The number of amides is 1. The Labute approximate surface area is 143 Å². The molecule has 128 valence electrons. The largest absolute Gasteiger partial charge is 0.496 e. The van der Waals surface area contributed by atoms with E-state index < -0.39 is 0 Å². The van der Waals surface area contributed by atoms with Crippen LogP contribution in [-0.4, -0.2) is 19.6 Å². The van der Waals surface area contributed by atoms with Crippen LogP contribution in [0, 0.1) is 6.92 Å². The molecular weight excluding hydrogens is 302 g/mol. The van der Waals surface area contributed by atoms with Crippen molar-refractivity contribution in [3.05, 3.63) is 59.2 Å². The topological polar surface area (TPSA) is 47.6 Å². The van der Waals surface area contributed by atoms with Crippen LogP contribution in [0.1, 0.15) is 30.0 Å². The molecule has 2 aromatic carbocycles. The lowest BCUT2D eigenvalue weighted by molar-refractivity contribution is -0.121. The van der Waals surface area contributed by atoms with Gasteiger partial charge in [-0.2, -0.15) is 0 Å². The number of ether oxygens (including phenoxy) is 2. The van der Waals surface area contributed by atoms with Gasteiger partial charge in [0, 0.05) is 18.5 Å². The van der Waals surface area contributed by atoms with Crippen LogP contribution in [0.4, 0.5) is 0 Å². The Morgan fingerprint density at radius 1 is 1.12 bits per heavy atom. The molecule has 0 heterocycles. The number of nitrogens with one attached hydrogen (secondary N) is 1. The van der Waals surface area contributed by atoms with Crippen molar-refractivity contribution in [1.82, 2.24) is 5.32 Å². The first kappa shape index (κ1) is 17.9. The second-order valence-electron chi connectivity index (χ2n) is 5.62. The van der Waals surface area contributed by atoms with E-state index in [1.54, 1.807) is 7.11 Å². The summed E-state index contributed by atoms with van der Waals surface area (Å²) in [6.07, 6.45) is 1.17. The molecule has 2 aromatic rings. The molecule has 0 aliphatic carbocycles. The molecule has 0 saturated heterocycles. The van der Waals surface area contributed by atoms with Crippen LogP contribution in [0.15, 0.2) is 42.5 Å².